The number of nitrogens with zero attached hydrogens (tertiary/aromatic N) is 1. The Morgan fingerprint density at radius 2 is 2.11 bits per heavy atom. The molecular weight excluding hydrogens is 347 g/mol. The van der Waals surface area contributed by atoms with Gasteiger partial charge in [-0.1, -0.05) is 6.92 Å². The van der Waals surface area contributed by atoms with Crippen molar-refractivity contribution in [2.45, 2.75) is 39.2 Å². The van der Waals surface area contributed by atoms with Gasteiger partial charge in [0.2, 0.25) is 0 Å². The van der Waals surface area contributed by atoms with Crippen LogP contribution in [0.15, 0.2) is 24.3 Å². The fourth-order valence-corrected chi connectivity index (χ4v) is 3.31. The van der Waals surface area contributed by atoms with Crippen LogP contribution in [-0.4, -0.2) is 30.6 Å². The maximum Gasteiger partial charge on any atom is 0.0343 e. The first-order chi connectivity index (χ1) is 9.19. The first-order valence-corrected chi connectivity index (χ1v) is 8.51. The minimum atomic E-state index is 0.555. The Balaban J connectivity index is 1.88. The molecule has 0 amide bonds. The monoisotopic (exact) mass is 372 g/mol. The molecule has 1 saturated heterocycles. The lowest BCUT2D eigenvalue weighted by Crippen LogP contribution is -2.42. The molecular formula is C16H25IN2. The molecule has 1 aliphatic rings. The molecule has 0 bridgehead atoms. The normalized spacial score (nSPS) is 22.2. The molecule has 0 aromatic heterocycles. The molecule has 106 valence electrons. The third kappa shape index (κ3) is 4.63. The van der Waals surface area contributed by atoms with Crippen LogP contribution in [0.5, 0.6) is 0 Å². The molecule has 1 aliphatic heterocycles. The number of likely N-dealkylation sites (tertiary alicyclic amines) is 1. The van der Waals surface area contributed by atoms with E-state index in [4.69, 9.17) is 0 Å². The molecule has 1 heterocycles. The molecule has 0 saturated carbocycles. The van der Waals surface area contributed by atoms with E-state index < -0.39 is 0 Å². The number of halogens is 1. The highest BCUT2D eigenvalue weighted by Crippen LogP contribution is 2.23. The maximum atomic E-state index is 3.67. The summed E-state index contributed by atoms with van der Waals surface area (Å²) in [7, 11) is 0. The van der Waals surface area contributed by atoms with Crippen LogP contribution in [0.25, 0.3) is 0 Å². The summed E-state index contributed by atoms with van der Waals surface area (Å²) in [6.45, 7) is 8.41. The number of hydrogen-bond acceptors (Lipinski definition) is 2. The van der Waals surface area contributed by atoms with Crippen LogP contribution in [0, 0.1) is 9.49 Å². The third-order valence-electron chi connectivity index (χ3n) is 4.03. The van der Waals surface area contributed by atoms with Gasteiger partial charge in [-0.15, -0.1) is 0 Å². The minimum absolute atomic E-state index is 0.555. The number of anilines is 1. The van der Waals surface area contributed by atoms with Gasteiger partial charge in [-0.25, -0.2) is 0 Å². The molecule has 1 aromatic rings. The van der Waals surface area contributed by atoms with Crippen LogP contribution in [-0.2, 0) is 0 Å². The lowest BCUT2D eigenvalue weighted by Gasteiger charge is -2.36. The number of piperidine rings is 1. The predicted molar refractivity (Wildman–Crippen MR) is 91.7 cm³/mol. The highest BCUT2D eigenvalue weighted by molar-refractivity contribution is 14.1. The van der Waals surface area contributed by atoms with Crippen LogP contribution in [0.3, 0.4) is 0 Å². The zero-order chi connectivity index (χ0) is 13.7. The Bertz CT molecular complexity index is 375. The van der Waals surface area contributed by atoms with Crippen molar-refractivity contribution in [3.05, 3.63) is 27.8 Å². The quantitative estimate of drug-likeness (QED) is 0.779. The van der Waals surface area contributed by atoms with E-state index in [0.29, 0.717) is 6.04 Å². The molecule has 0 aliphatic carbocycles. The molecule has 19 heavy (non-hydrogen) atoms. The number of hydrogen-bond donors (Lipinski definition) is 1. The van der Waals surface area contributed by atoms with Crippen molar-refractivity contribution in [3.8, 4) is 0 Å². The van der Waals surface area contributed by atoms with Gasteiger partial charge in [-0.2, -0.15) is 0 Å². The van der Waals surface area contributed by atoms with Crippen LogP contribution in [0.1, 0.15) is 33.1 Å². The summed E-state index contributed by atoms with van der Waals surface area (Å²) in [5, 5.41) is 3.67. The Morgan fingerprint density at radius 3 is 2.79 bits per heavy atom. The van der Waals surface area contributed by atoms with Gasteiger partial charge in [0, 0.05) is 21.8 Å². The van der Waals surface area contributed by atoms with Crippen LogP contribution in [0.2, 0.25) is 0 Å². The van der Waals surface area contributed by atoms with E-state index in [2.05, 4.69) is 70.9 Å². The zero-order valence-corrected chi connectivity index (χ0v) is 14.2. The first-order valence-electron chi connectivity index (χ1n) is 7.43. The Labute approximate surface area is 131 Å². The van der Waals surface area contributed by atoms with Crippen LogP contribution in [0.4, 0.5) is 5.69 Å². The maximum absolute atomic E-state index is 3.67. The largest absolute Gasteiger partial charge is 0.382 e. The fraction of sp³-hybridized carbons (Fsp3) is 0.625. The lowest BCUT2D eigenvalue weighted by molar-refractivity contribution is 0.165. The van der Waals surface area contributed by atoms with Crippen molar-refractivity contribution in [1.82, 2.24) is 4.90 Å². The highest BCUT2D eigenvalue weighted by atomic mass is 127. The Morgan fingerprint density at radius 1 is 1.37 bits per heavy atom. The van der Waals surface area contributed by atoms with E-state index in [0.717, 1.165) is 5.92 Å². The van der Waals surface area contributed by atoms with Crippen molar-refractivity contribution >= 4 is 28.3 Å². The Kier molecular flexibility index (Phi) is 5.95. The predicted octanol–water partition coefficient (Wildman–Crippen LogP) is 4.21. The van der Waals surface area contributed by atoms with Crippen molar-refractivity contribution in [2.75, 3.05) is 25.0 Å². The van der Waals surface area contributed by atoms with Gasteiger partial charge in [0.15, 0.2) is 0 Å². The van der Waals surface area contributed by atoms with Gasteiger partial charge < -0.3 is 10.2 Å². The summed E-state index contributed by atoms with van der Waals surface area (Å²) in [5.74, 6) is 0.777. The molecule has 2 nitrogen and oxygen atoms in total. The van der Waals surface area contributed by atoms with Gasteiger partial charge in [0.1, 0.15) is 0 Å². The average molecular weight is 372 g/mol. The van der Waals surface area contributed by atoms with E-state index in [9.17, 15) is 0 Å². The van der Waals surface area contributed by atoms with Gasteiger partial charge in [0.25, 0.3) is 0 Å². The average Bonchev–Trinajstić information content (AvgIpc) is 2.42. The number of benzene rings is 1. The second-order valence-electron chi connectivity index (χ2n) is 5.64. The SMILES string of the molecule is CCCN1CCCC(C(C)Nc2ccc(I)cc2)C1. The van der Waals surface area contributed by atoms with Crippen LogP contribution >= 0.6 is 22.6 Å². The molecule has 1 N–H and O–H groups in total. The summed E-state index contributed by atoms with van der Waals surface area (Å²) >= 11 is 2.35. The molecule has 1 aromatic carbocycles. The van der Waals surface area contributed by atoms with Gasteiger partial charge >= 0.3 is 0 Å². The van der Waals surface area contributed by atoms with E-state index in [-0.39, 0.29) is 0 Å². The zero-order valence-electron chi connectivity index (χ0n) is 12.0. The smallest absolute Gasteiger partial charge is 0.0343 e. The molecule has 3 heteroatoms. The molecule has 2 unspecified atom stereocenters. The molecule has 0 radical (unpaired) electrons. The second-order valence-corrected chi connectivity index (χ2v) is 6.89. The summed E-state index contributed by atoms with van der Waals surface area (Å²) < 4.78 is 1.29. The topological polar surface area (TPSA) is 15.3 Å². The summed E-state index contributed by atoms with van der Waals surface area (Å²) in [4.78, 5) is 2.63. The highest BCUT2D eigenvalue weighted by Gasteiger charge is 2.23. The molecule has 1 fully saturated rings. The molecule has 0 spiro atoms. The molecule has 2 atom stereocenters. The Hall–Kier alpha value is -0.290. The minimum Gasteiger partial charge on any atom is -0.382 e. The van der Waals surface area contributed by atoms with Crippen molar-refractivity contribution in [2.24, 2.45) is 5.92 Å². The lowest BCUT2D eigenvalue weighted by atomic mass is 9.91. The van der Waals surface area contributed by atoms with E-state index >= 15 is 0 Å². The second kappa shape index (κ2) is 7.48. The van der Waals surface area contributed by atoms with E-state index in [1.165, 1.54) is 48.2 Å². The first kappa shape index (κ1) is 15.1. The standard InChI is InChI=1S/C16H25IN2/c1-3-10-19-11-4-5-14(12-19)13(2)18-16-8-6-15(17)7-9-16/h6-9,13-14,18H,3-5,10-12H2,1-2H3. The van der Waals surface area contributed by atoms with Gasteiger partial charge in [-0.05, 0) is 92.0 Å². The summed E-state index contributed by atoms with van der Waals surface area (Å²) in [6.07, 6.45) is 3.98. The third-order valence-corrected chi connectivity index (χ3v) is 4.75. The number of rotatable bonds is 5. The molecule has 2 rings (SSSR count). The van der Waals surface area contributed by atoms with E-state index in [1.807, 2.05) is 0 Å². The van der Waals surface area contributed by atoms with Crippen molar-refractivity contribution in [3.63, 3.8) is 0 Å². The van der Waals surface area contributed by atoms with Gasteiger partial charge in [-0.3, -0.25) is 0 Å². The van der Waals surface area contributed by atoms with Crippen LogP contribution < -0.4 is 5.32 Å². The fourth-order valence-electron chi connectivity index (χ4n) is 2.95. The van der Waals surface area contributed by atoms with Gasteiger partial charge in [0.05, 0.1) is 0 Å². The summed E-state index contributed by atoms with van der Waals surface area (Å²) in [6, 6.07) is 9.26. The van der Waals surface area contributed by atoms with Crippen molar-refractivity contribution < 1.29 is 0 Å². The van der Waals surface area contributed by atoms with E-state index in [1.54, 1.807) is 0 Å². The number of nitrogens with one attached hydrogen (secondary N) is 1. The summed E-state index contributed by atoms with van der Waals surface area (Å²) in [5.41, 5.74) is 1.25. The van der Waals surface area contributed by atoms with Crippen molar-refractivity contribution in [1.29, 1.82) is 0 Å².